The van der Waals surface area contributed by atoms with Crippen molar-refractivity contribution < 1.29 is 0 Å². The van der Waals surface area contributed by atoms with Gasteiger partial charge in [0.25, 0.3) is 0 Å². The van der Waals surface area contributed by atoms with Crippen LogP contribution in [0.4, 0.5) is 0 Å². The van der Waals surface area contributed by atoms with Crippen LogP contribution < -0.4 is 0 Å². The molecule has 61 heavy (non-hydrogen) atoms. The first-order valence-corrected chi connectivity index (χ1v) is 22.3. The van der Waals surface area contributed by atoms with Gasteiger partial charge in [-0.05, 0) is 131 Å². The third-order valence-corrected chi connectivity index (χ3v) is 17.3. The second kappa shape index (κ2) is 13.8. The molecule has 0 amide bonds. The number of fused-ring (bicyclic) bond motifs is 2. The lowest BCUT2D eigenvalue weighted by Crippen LogP contribution is -2.42. The first-order chi connectivity index (χ1) is 28.7. The van der Waals surface area contributed by atoms with E-state index in [0.29, 0.717) is 5.02 Å². The van der Waals surface area contributed by atoms with Crippen molar-refractivity contribution in [3.8, 4) is 67.0 Å². The second-order valence-electron chi connectivity index (χ2n) is 21.0. The van der Waals surface area contributed by atoms with Crippen molar-refractivity contribution in [2.24, 2.45) is 10.8 Å². The van der Waals surface area contributed by atoms with Crippen LogP contribution in [0.3, 0.4) is 0 Å². The quantitative estimate of drug-likeness (QED) is 0.167. The fraction of sp³-hybridized carbons (Fsp3) is 0.310. The molecule has 2 aromatic heterocycles. The summed E-state index contributed by atoms with van der Waals surface area (Å²) in [4.78, 5) is 10.1. The molecule has 0 N–H and O–H groups in total. The van der Waals surface area contributed by atoms with Gasteiger partial charge in [0, 0.05) is 39.7 Å². The number of rotatable bonds is 6. The first kappa shape index (κ1) is 41.1. The van der Waals surface area contributed by atoms with Crippen molar-refractivity contribution in [1.29, 1.82) is 0 Å². The van der Waals surface area contributed by atoms with Gasteiger partial charge in [-0.25, -0.2) is 0 Å². The van der Waals surface area contributed by atoms with Crippen LogP contribution in [0.25, 0.3) is 67.0 Å². The zero-order chi connectivity index (χ0) is 43.5. The molecule has 0 saturated heterocycles. The van der Waals surface area contributed by atoms with Gasteiger partial charge in [0.1, 0.15) is 0 Å². The average molecular weight is 820 g/mol. The topological polar surface area (TPSA) is 25.8 Å². The molecule has 9 rings (SSSR count). The summed E-state index contributed by atoms with van der Waals surface area (Å²) in [7, 11) is 0. The second-order valence-corrected chi connectivity index (χ2v) is 21.4. The molecule has 5 aromatic carbocycles. The molecule has 308 valence electrons. The normalized spacial score (nSPS) is 18.4. The zero-order valence-electron chi connectivity index (χ0n) is 38.1. The molecule has 2 aliphatic rings. The van der Waals surface area contributed by atoms with Crippen molar-refractivity contribution in [1.82, 2.24) is 9.97 Å². The Morgan fingerprint density at radius 1 is 0.328 bits per heavy atom. The number of pyridine rings is 2. The SMILES string of the molecule is CC1(C)c2ccc(-c3ccc(-c4ccccc4-c4cc(Cl)cc(-c5ccccc5-c5ccc(-c6ccc7c(c6)C(C)(C)C(C)(C)C7(C)C)nc5)c4)cn3)cc2C(C)(C)C1(C)C. The molecule has 2 heterocycles. The molecular formula is C58H59ClN2. The molecule has 0 radical (unpaired) electrons. The van der Waals surface area contributed by atoms with Crippen LogP contribution in [0.1, 0.15) is 105 Å². The summed E-state index contributed by atoms with van der Waals surface area (Å²) in [5.41, 5.74) is 19.2. The van der Waals surface area contributed by atoms with Crippen molar-refractivity contribution in [3.05, 3.63) is 167 Å². The highest BCUT2D eigenvalue weighted by Crippen LogP contribution is 2.63. The number of hydrogen-bond donors (Lipinski definition) is 0. The summed E-state index contributed by atoms with van der Waals surface area (Å²) in [6.07, 6.45) is 4.03. The maximum atomic E-state index is 6.99. The van der Waals surface area contributed by atoms with Gasteiger partial charge in [0.05, 0.1) is 11.4 Å². The maximum absolute atomic E-state index is 6.99. The molecule has 0 atom stereocenters. The molecule has 0 spiro atoms. The van der Waals surface area contributed by atoms with E-state index in [4.69, 9.17) is 21.6 Å². The molecular weight excluding hydrogens is 760 g/mol. The molecule has 0 fully saturated rings. The van der Waals surface area contributed by atoms with E-state index in [2.05, 4.69) is 210 Å². The van der Waals surface area contributed by atoms with E-state index in [1.54, 1.807) is 0 Å². The lowest BCUT2D eigenvalue weighted by Gasteiger charge is -2.44. The molecule has 2 aliphatic carbocycles. The molecule has 2 nitrogen and oxygen atoms in total. The van der Waals surface area contributed by atoms with Crippen LogP contribution in [0.5, 0.6) is 0 Å². The van der Waals surface area contributed by atoms with Gasteiger partial charge < -0.3 is 0 Å². The summed E-state index contributed by atoms with van der Waals surface area (Å²) in [6.45, 7) is 28.8. The molecule has 7 aromatic rings. The molecule has 0 aliphatic heterocycles. The lowest BCUT2D eigenvalue weighted by atomic mass is 9.59. The van der Waals surface area contributed by atoms with Crippen LogP contribution in [0.2, 0.25) is 5.02 Å². The predicted molar refractivity (Wildman–Crippen MR) is 259 cm³/mol. The summed E-state index contributed by atoms with van der Waals surface area (Å²) >= 11 is 6.99. The van der Waals surface area contributed by atoms with Crippen molar-refractivity contribution >= 4 is 11.6 Å². The van der Waals surface area contributed by atoms with Crippen LogP contribution in [0, 0.1) is 10.8 Å². The summed E-state index contributed by atoms with van der Waals surface area (Å²) in [5, 5.41) is 0.691. The highest BCUT2D eigenvalue weighted by Gasteiger charge is 2.57. The monoisotopic (exact) mass is 818 g/mol. The number of halogens is 1. The Balaban J connectivity index is 1.02. The Bertz CT molecular complexity index is 2660. The lowest BCUT2D eigenvalue weighted by molar-refractivity contribution is 0.125. The van der Waals surface area contributed by atoms with Crippen molar-refractivity contribution in [2.45, 2.75) is 105 Å². The minimum Gasteiger partial charge on any atom is -0.256 e. The van der Waals surface area contributed by atoms with E-state index < -0.39 is 0 Å². The van der Waals surface area contributed by atoms with Gasteiger partial charge in [-0.1, -0.05) is 180 Å². The van der Waals surface area contributed by atoms with Crippen LogP contribution in [-0.4, -0.2) is 9.97 Å². The highest BCUT2D eigenvalue weighted by atomic mass is 35.5. The molecule has 3 heteroatoms. The van der Waals surface area contributed by atoms with Crippen molar-refractivity contribution in [2.75, 3.05) is 0 Å². The average Bonchev–Trinajstić information content (AvgIpc) is 3.42. The number of aromatic nitrogens is 2. The largest absolute Gasteiger partial charge is 0.256 e. The highest BCUT2D eigenvalue weighted by molar-refractivity contribution is 6.31. The molecule has 0 saturated carbocycles. The third kappa shape index (κ3) is 6.03. The molecule has 0 unspecified atom stereocenters. The summed E-state index contributed by atoms with van der Waals surface area (Å²) in [6, 6.07) is 46.2. The van der Waals surface area contributed by atoms with Crippen LogP contribution >= 0.6 is 11.6 Å². The Morgan fingerprint density at radius 2 is 0.656 bits per heavy atom. The van der Waals surface area contributed by atoms with Gasteiger partial charge in [0.15, 0.2) is 0 Å². The Kier molecular flexibility index (Phi) is 9.32. The van der Waals surface area contributed by atoms with Gasteiger partial charge in [-0.2, -0.15) is 0 Å². The zero-order valence-corrected chi connectivity index (χ0v) is 38.8. The van der Waals surface area contributed by atoms with Gasteiger partial charge in [-0.15, -0.1) is 0 Å². The smallest absolute Gasteiger partial charge is 0.0702 e. The van der Waals surface area contributed by atoms with Gasteiger partial charge >= 0.3 is 0 Å². The van der Waals surface area contributed by atoms with Gasteiger partial charge in [-0.3, -0.25) is 9.97 Å². The van der Waals surface area contributed by atoms with E-state index in [1.165, 1.54) is 22.3 Å². The van der Waals surface area contributed by atoms with E-state index in [-0.39, 0.29) is 32.5 Å². The Hall–Kier alpha value is -5.31. The number of benzene rings is 5. The van der Waals surface area contributed by atoms with Gasteiger partial charge in [0.2, 0.25) is 0 Å². The standard InChI is InChI=1S/C58H59ClN2/c1-53(2)47-25-21-36(32-49(47)55(5,6)57(53,9)10)51-27-23-38(34-60-51)43-17-13-15-19-45(43)40-29-41(31-42(59)30-40)46-20-16-14-18-44(46)39-24-28-52(61-35-39)37-22-26-48-50(33-37)56(7,8)58(11,12)54(48,3)4/h13-35H,1-12H3. The fourth-order valence-corrected chi connectivity index (χ4v) is 11.0. The molecule has 0 bridgehead atoms. The minimum atomic E-state index is 0.0365. The van der Waals surface area contributed by atoms with E-state index in [0.717, 1.165) is 67.0 Å². The summed E-state index contributed by atoms with van der Waals surface area (Å²) < 4.78 is 0. The fourth-order valence-electron chi connectivity index (χ4n) is 10.8. The van der Waals surface area contributed by atoms with E-state index in [1.807, 2.05) is 12.4 Å². The van der Waals surface area contributed by atoms with E-state index >= 15 is 0 Å². The predicted octanol–water partition coefficient (Wildman–Crippen LogP) is 16.3. The first-order valence-electron chi connectivity index (χ1n) is 21.9. The van der Waals surface area contributed by atoms with E-state index in [9.17, 15) is 0 Å². The Morgan fingerprint density at radius 3 is 1.00 bits per heavy atom. The minimum absolute atomic E-state index is 0.0365. The number of nitrogens with zero attached hydrogens (tertiary/aromatic N) is 2. The third-order valence-electron chi connectivity index (χ3n) is 17.1. The Labute approximate surface area is 369 Å². The number of hydrogen-bond acceptors (Lipinski definition) is 2. The summed E-state index contributed by atoms with van der Waals surface area (Å²) in [5.74, 6) is 0. The van der Waals surface area contributed by atoms with Crippen LogP contribution in [-0.2, 0) is 21.7 Å². The van der Waals surface area contributed by atoms with Crippen LogP contribution in [0.15, 0.2) is 140 Å². The maximum Gasteiger partial charge on any atom is 0.0702 e. The van der Waals surface area contributed by atoms with Crippen molar-refractivity contribution in [3.63, 3.8) is 0 Å².